The number of rotatable bonds is 4. The van der Waals surface area contributed by atoms with Crippen LogP contribution in [0.1, 0.15) is 13.3 Å². The number of ether oxygens (including phenoxy) is 1. The van der Waals surface area contributed by atoms with Gasteiger partial charge in [0, 0.05) is 0 Å². The van der Waals surface area contributed by atoms with Gasteiger partial charge in [0.1, 0.15) is 6.04 Å². The summed E-state index contributed by atoms with van der Waals surface area (Å²) in [6.45, 7) is 1.35. The molecule has 0 fully saturated rings. The van der Waals surface area contributed by atoms with E-state index in [4.69, 9.17) is 0 Å². The van der Waals surface area contributed by atoms with Gasteiger partial charge in [-0.3, -0.25) is 4.79 Å². The molecule has 0 aromatic carbocycles. The second-order valence-corrected chi connectivity index (χ2v) is 4.26. The van der Waals surface area contributed by atoms with E-state index < -0.39 is 27.5 Å². The molecule has 0 bridgehead atoms. The molecule has 15 heavy (non-hydrogen) atoms. The second-order valence-electron chi connectivity index (χ2n) is 2.55. The van der Waals surface area contributed by atoms with Crippen LogP contribution < -0.4 is 4.72 Å². The van der Waals surface area contributed by atoms with Crippen molar-refractivity contribution in [2.75, 3.05) is 7.11 Å². The molecule has 0 radical (unpaired) electrons. The van der Waals surface area contributed by atoms with Crippen LogP contribution in [0, 0.1) is 0 Å². The molecule has 1 N–H and O–H groups in total. The zero-order valence-corrected chi connectivity index (χ0v) is 8.78. The van der Waals surface area contributed by atoms with Gasteiger partial charge in [0.15, 0.2) is 0 Å². The van der Waals surface area contributed by atoms with E-state index in [1.165, 1.54) is 11.6 Å². The molecule has 0 unspecified atom stereocenters. The maximum Gasteiger partial charge on any atom is 0.511 e. The van der Waals surface area contributed by atoms with E-state index in [1.807, 2.05) is 0 Å². The van der Waals surface area contributed by atoms with Gasteiger partial charge in [-0.15, -0.1) is 0 Å². The summed E-state index contributed by atoms with van der Waals surface area (Å²) in [6, 6.07) is -1.53. The highest BCUT2D eigenvalue weighted by atomic mass is 32.2. The van der Waals surface area contributed by atoms with Crippen LogP contribution in [-0.4, -0.2) is 33.0 Å². The van der Waals surface area contributed by atoms with Gasteiger partial charge in [-0.2, -0.15) is 17.9 Å². The topological polar surface area (TPSA) is 72.5 Å². The fourth-order valence-electron chi connectivity index (χ4n) is 0.694. The number of nitrogens with one attached hydrogen (secondary N) is 1. The molecule has 0 aromatic rings. The summed E-state index contributed by atoms with van der Waals surface area (Å²) in [6.07, 6.45) is -0.137. The predicted molar refractivity (Wildman–Crippen MR) is 44.2 cm³/mol. The van der Waals surface area contributed by atoms with Crippen LogP contribution in [-0.2, 0) is 19.6 Å². The molecule has 0 aliphatic carbocycles. The molecule has 0 rings (SSSR count). The first-order valence-electron chi connectivity index (χ1n) is 3.82. The minimum absolute atomic E-state index is 0.137. The molecule has 0 amide bonds. The molecule has 90 valence electrons. The number of carbonyl (C=O) groups excluding carboxylic acids is 1. The fourth-order valence-corrected chi connectivity index (χ4v) is 1.47. The number of hydrogen-bond donors (Lipinski definition) is 1. The summed E-state index contributed by atoms with van der Waals surface area (Å²) >= 11 is 0. The van der Waals surface area contributed by atoms with E-state index >= 15 is 0 Å². The van der Waals surface area contributed by atoms with Gasteiger partial charge >= 0.3 is 21.5 Å². The molecule has 1 atom stereocenters. The zero-order chi connectivity index (χ0) is 12.3. The lowest BCUT2D eigenvalue weighted by molar-refractivity contribution is -0.142. The maximum atomic E-state index is 11.9. The summed E-state index contributed by atoms with van der Waals surface area (Å²) in [5, 5.41) is 0. The minimum Gasteiger partial charge on any atom is -0.468 e. The smallest absolute Gasteiger partial charge is 0.468 e. The number of alkyl halides is 3. The summed E-state index contributed by atoms with van der Waals surface area (Å²) in [7, 11) is -4.56. The van der Waals surface area contributed by atoms with Crippen LogP contribution in [0.4, 0.5) is 13.2 Å². The summed E-state index contributed by atoms with van der Waals surface area (Å²) < 4.78 is 62.2. The second kappa shape index (κ2) is 4.79. The molecule has 0 saturated heterocycles. The third-order valence-corrected chi connectivity index (χ3v) is 2.70. The fraction of sp³-hybridized carbons (Fsp3) is 0.833. The van der Waals surface area contributed by atoms with Crippen LogP contribution in [0.5, 0.6) is 0 Å². The molecule has 0 aliphatic heterocycles. The van der Waals surface area contributed by atoms with Crippen LogP contribution in [0.3, 0.4) is 0 Å². The van der Waals surface area contributed by atoms with Crippen LogP contribution >= 0.6 is 0 Å². The molecule has 9 heteroatoms. The molecule has 0 aromatic heterocycles. The average Bonchev–Trinajstić information content (AvgIpc) is 2.11. The van der Waals surface area contributed by atoms with Gasteiger partial charge < -0.3 is 4.74 Å². The molecule has 0 spiro atoms. The number of halogens is 3. The van der Waals surface area contributed by atoms with Gasteiger partial charge in [-0.05, 0) is 6.42 Å². The standard InChI is InChI=1S/C6H10F3NO4S/c1-3-4(5(11)14-2)10-15(12,13)6(7,8)9/h4,10H,3H2,1-2H3/t4-/m0/s1. The lowest BCUT2D eigenvalue weighted by Crippen LogP contribution is -2.46. The Hall–Kier alpha value is -0.830. The van der Waals surface area contributed by atoms with Gasteiger partial charge in [0.25, 0.3) is 0 Å². The molecular weight excluding hydrogens is 239 g/mol. The summed E-state index contributed by atoms with van der Waals surface area (Å²) in [5.74, 6) is -1.06. The lowest BCUT2D eigenvalue weighted by Gasteiger charge is -2.15. The highest BCUT2D eigenvalue weighted by Crippen LogP contribution is 2.22. The first-order valence-corrected chi connectivity index (χ1v) is 5.30. The first kappa shape index (κ1) is 14.2. The molecule has 5 nitrogen and oxygen atoms in total. The normalized spacial score (nSPS) is 14.7. The SMILES string of the molecule is CC[C@H](NS(=O)(=O)C(F)(F)F)C(=O)OC. The van der Waals surface area contributed by atoms with Gasteiger partial charge in [0.05, 0.1) is 7.11 Å². The largest absolute Gasteiger partial charge is 0.511 e. The molecular formula is C6H10F3NO4S. The van der Waals surface area contributed by atoms with E-state index in [2.05, 4.69) is 4.74 Å². The van der Waals surface area contributed by atoms with Gasteiger partial charge in [-0.25, -0.2) is 8.42 Å². The minimum atomic E-state index is -5.52. The Morgan fingerprint density at radius 2 is 1.93 bits per heavy atom. The number of esters is 1. The van der Waals surface area contributed by atoms with Crippen molar-refractivity contribution in [3.8, 4) is 0 Å². The highest BCUT2D eigenvalue weighted by Gasteiger charge is 2.47. The van der Waals surface area contributed by atoms with Crippen molar-refractivity contribution in [3.05, 3.63) is 0 Å². The van der Waals surface area contributed by atoms with Crippen molar-refractivity contribution in [2.24, 2.45) is 0 Å². The quantitative estimate of drug-likeness (QED) is 0.731. The van der Waals surface area contributed by atoms with E-state index in [0.29, 0.717) is 0 Å². The predicted octanol–water partition coefficient (Wildman–Crippen LogP) is 0.377. The Labute approximate surface area is 84.6 Å². The van der Waals surface area contributed by atoms with Crippen LogP contribution in [0.25, 0.3) is 0 Å². The summed E-state index contributed by atoms with van der Waals surface area (Å²) in [4.78, 5) is 10.8. The Morgan fingerprint density at radius 1 is 1.47 bits per heavy atom. The number of hydrogen-bond acceptors (Lipinski definition) is 4. The highest BCUT2D eigenvalue weighted by molar-refractivity contribution is 7.90. The van der Waals surface area contributed by atoms with Gasteiger partial charge in [-0.1, -0.05) is 6.92 Å². The van der Waals surface area contributed by atoms with E-state index in [9.17, 15) is 26.4 Å². The van der Waals surface area contributed by atoms with E-state index in [-0.39, 0.29) is 6.42 Å². The van der Waals surface area contributed by atoms with E-state index in [0.717, 1.165) is 7.11 Å². The maximum absolute atomic E-state index is 11.9. The number of methoxy groups -OCH3 is 1. The van der Waals surface area contributed by atoms with Crippen molar-refractivity contribution < 1.29 is 31.1 Å². The Kier molecular flexibility index (Phi) is 4.53. The number of carbonyl (C=O) groups is 1. The molecule has 0 aliphatic rings. The summed E-state index contributed by atoms with van der Waals surface area (Å²) in [5.41, 5.74) is -5.44. The van der Waals surface area contributed by atoms with Gasteiger partial charge in [0.2, 0.25) is 0 Å². The van der Waals surface area contributed by atoms with Crippen LogP contribution in [0.2, 0.25) is 0 Å². The zero-order valence-electron chi connectivity index (χ0n) is 7.96. The number of sulfonamides is 1. The Bertz CT molecular complexity index is 324. The molecule has 0 heterocycles. The first-order chi connectivity index (χ1) is 6.65. The Morgan fingerprint density at radius 3 is 2.20 bits per heavy atom. The van der Waals surface area contributed by atoms with Crippen molar-refractivity contribution in [1.29, 1.82) is 0 Å². The third kappa shape index (κ3) is 3.67. The van der Waals surface area contributed by atoms with E-state index in [1.54, 1.807) is 0 Å². The van der Waals surface area contributed by atoms with Crippen molar-refractivity contribution >= 4 is 16.0 Å². The lowest BCUT2D eigenvalue weighted by atomic mass is 10.2. The van der Waals surface area contributed by atoms with Crippen LogP contribution in [0.15, 0.2) is 0 Å². The Balaban J connectivity index is 4.79. The van der Waals surface area contributed by atoms with Crippen molar-refractivity contribution in [3.63, 3.8) is 0 Å². The average molecular weight is 249 g/mol. The van der Waals surface area contributed by atoms with Crippen molar-refractivity contribution in [2.45, 2.75) is 24.9 Å². The third-order valence-electron chi connectivity index (χ3n) is 1.50. The monoisotopic (exact) mass is 249 g/mol. The van der Waals surface area contributed by atoms with Crippen molar-refractivity contribution in [1.82, 2.24) is 4.72 Å². The molecule has 0 saturated carbocycles.